The summed E-state index contributed by atoms with van der Waals surface area (Å²) in [7, 11) is 0. The van der Waals surface area contributed by atoms with Crippen molar-refractivity contribution in [3.8, 4) is 0 Å². The lowest BCUT2D eigenvalue weighted by atomic mass is 10.0. The molecule has 6 nitrogen and oxygen atoms in total. The number of hydrogen-bond acceptors (Lipinski definition) is 5. The average molecular weight is 832 g/mol. The Balaban J connectivity index is 3.51. The largest absolute Gasteiger partial charge is 0.466 e. The topological polar surface area (TPSA) is 95.9 Å². The minimum absolute atomic E-state index is 0.0307. The molecule has 0 saturated heterocycles. The summed E-state index contributed by atoms with van der Waals surface area (Å²) in [5.74, 6) is -0.0914. The van der Waals surface area contributed by atoms with Crippen LogP contribution < -0.4 is 5.32 Å². The van der Waals surface area contributed by atoms with Crippen molar-refractivity contribution in [1.82, 2.24) is 5.32 Å². The molecule has 0 fully saturated rings. The second kappa shape index (κ2) is 49.0. The summed E-state index contributed by atoms with van der Waals surface area (Å²) in [5, 5.41) is 23.2. The Kier molecular flexibility index (Phi) is 47.6. The van der Waals surface area contributed by atoms with Gasteiger partial charge < -0.3 is 20.3 Å². The van der Waals surface area contributed by atoms with Gasteiger partial charge in [0.15, 0.2) is 0 Å². The van der Waals surface area contributed by atoms with Crippen LogP contribution in [0, 0.1) is 0 Å². The second-order valence-corrected chi connectivity index (χ2v) is 17.8. The Hall–Kier alpha value is -1.66. The van der Waals surface area contributed by atoms with E-state index >= 15 is 0 Å². The monoisotopic (exact) mass is 832 g/mol. The van der Waals surface area contributed by atoms with Crippen molar-refractivity contribution in [2.45, 2.75) is 289 Å². The molecule has 59 heavy (non-hydrogen) atoms. The molecule has 0 aliphatic carbocycles. The molecule has 0 aromatic rings. The van der Waals surface area contributed by atoms with Crippen molar-refractivity contribution in [3.63, 3.8) is 0 Å². The molecule has 0 bridgehead atoms. The van der Waals surface area contributed by atoms with E-state index in [1.54, 1.807) is 0 Å². The van der Waals surface area contributed by atoms with Crippen LogP contribution in [0.25, 0.3) is 0 Å². The Morgan fingerprint density at radius 3 is 1.20 bits per heavy atom. The number of aliphatic hydroxyl groups is 2. The summed E-state index contributed by atoms with van der Waals surface area (Å²) < 4.78 is 5.44. The number of hydrogen-bond donors (Lipinski definition) is 3. The third-order valence-electron chi connectivity index (χ3n) is 12.0. The maximum absolute atomic E-state index is 12.4. The van der Waals surface area contributed by atoms with Crippen molar-refractivity contribution < 1.29 is 24.5 Å². The van der Waals surface area contributed by atoms with Crippen molar-refractivity contribution in [2.24, 2.45) is 0 Å². The molecule has 0 aromatic carbocycles. The molecule has 0 spiro atoms. The number of aliphatic hydroxyl groups excluding tert-OH is 2. The standard InChI is InChI=1S/C53H101NO5/c1-3-5-7-9-11-13-15-17-19-21-25-29-33-37-41-45-51(56)50(49-55)54-52(57)46-42-38-34-30-26-23-24-28-32-36-40-44-48-59-53(58)47-43-39-35-31-27-22-20-18-16-14-12-10-8-6-4-2/h18,20,24,28,50-51,55-56H,3-17,19,21-23,25-27,29-49H2,1-2H3,(H,54,57)/b20-18-,28-24-. The molecule has 3 N–H and O–H groups in total. The molecule has 6 heteroatoms. The molecule has 0 rings (SSSR count). The molecule has 0 saturated carbocycles. The van der Waals surface area contributed by atoms with Crippen LogP contribution in [0.3, 0.4) is 0 Å². The number of unbranched alkanes of at least 4 members (excludes halogenated alkanes) is 33. The van der Waals surface area contributed by atoms with Crippen molar-refractivity contribution in [2.75, 3.05) is 13.2 Å². The number of carbonyl (C=O) groups is 2. The van der Waals surface area contributed by atoms with Gasteiger partial charge in [-0.15, -0.1) is 0 Å². The number of allylic oxidation sites excluding steroid dienone is 4. The van der Waals surface area contributed by atoms with Crippen molar-refractivity contribution >= 4 is 11.9 Å². The van der Waals surface area contributed by atoms with E-state index in [0.717, 1.165) is 77.0 Å². The summed E-state index contributed by atoms with van der Waals surface area (Å²) in [6.07, 6.45) is 57.2. The fourth-order valence-corrected chi connectivity index (χ4v) is 7.92. The van der Waals surface area contributed by atoms with E-state index in [1.807, 2.05) is 0 Å². The number of carbonyl (C=O) groups excluding carboxylic acids is 2. The molecule has 0 aromatic heterocycles. The lowest BCUT2D eigenvalue weighted by molar-refractivity contribution is -0.143. The lowest BCUT2D eigenvalue weighted by Crippen LogP contribution is -2.45. The number of ether oxygens (including phenoxy) is 1. The highest BCUT2D eigenvalue weighted by Crippen LogP contribution is 2.16. The van der Waals surface area contributed by atoms with Gasteiger partial charge in [-0.05, 0) is 83.5 Å². The van der Waals surface area contributed by atoms with E-state index in [-0.39, 0.29) is 18.5 Å². The zero-order chi connectivity index (χ0) is 43.0. The molecule has 2 unspecified atom stereocenters. The van der Waals surface area contributed by atoms with Gasteiger partial charge in [0.05, 0.1) is 25.4 Å². The van der Waals surface area contributed by atoms with Gasteiger partial charge in [-0.3, -0.25) is 9.59 Å². The Labute approximate surface area is 367 Å². The lowest BCUT2D eigenvalue weighted by Gasteiger charge is -2.22. The van der Waals surface area contributed by atoms with Crippen LogP contribution in [0.2, 0.25) is 0 Å². The van der Waals surface area contributed by atoms with Crippen LogP contribution in [-0.2, 0) is 14.3 Å². The fourth-order valence-electron chi connectivity index (χ4n) is 7.92. The highest BCUT2D eigenvalue weighted by atomic mass is 16.5. The van der Waals surface area contributed by atoms with Crippen molar-refractivity contribution in [3.05, 3.63) is 24.3 Å². The number of nitrogens with one attached hydrogen (secondary N) is 1. The first kappa shape index (κ1) is 57.3. The molecule has 0 aliphatic heterocycles. The van der Waals surface area contributed by atoms with Gasteiger partial charge in [0.1, 0.15) is 0 Å². The Bertz CT molecular complexity index is 920. The maximum atomic E-state index is 12.4. The Morgan fingerprint density at radius 1 is 0.458 bits per heavy atom. The first-order chi connectivity index (χ1) is 29.0. The maximum Gasteiger partial charge on any atom is 0.305 e. The van der Waals surface area contributed by atoms with Gasteiger partial charge in [-0.1, -0.05) is 205 Å². The van der Waals surface area contributed by atoms with Crippen LogP contribution >= 0.6 is 0 Å². The van der Waals surface area contributed by atoms with E-state index in [1.165, 1.54) is 167 Å². The number of rotatable bonds is 48. The Morgan fingerprint density at radius 2 is 0.797 bits per heavy atom. The van der Waals surface area contributed by atoms with Gasteiger partial charge in [-0.2, -0.15) is 0 Å². The molecule has 348 valence electrons. The minimum Gasteiger partial charge on any atom is -0.466 e. The van der Waals surface area contributed by atoms with Crippen LogP contribution in [0.1, 0.15) is 277 Å². The van der Waals surface area contributed by atoms with Crippen molar-refractivity contribution in [1.29, 1.82) is 0 Å². The summed E-state index contributed by atoms with van der Waals surface area (Å²) in [4.78, 5) is 24.5. The van der Waals surface area contributed by atoms with Crippen LogP contribution in [0.4, 0.5) is 0 Å². The predicted molar refractivity (Wildman–Crippen MR) is 255 cm³/mol. The summed E-state index contributed by atoms with van der Waals surface area (Å²) in [6.45, 7) is 4.88. The SMILES string of the molecule is CCCCCCCC/C=C\CCCCCCCC(=O)OCCCCC/C=C\CCCCCCCC(=O)NC(CO)C(O)CCCCCCCCCCCCCCCCC. The predicted octanol–water partition coefficient (Wildman–Crippen LogP) is 15.5. The van der Waals surface area contributed by atoms with E-state index in [4.69, 9.17) is 4.74 Å². The highest BCUT2D eigenvalue weighted by Gasteiger charge is 2.20. The van der Waals surface area contributed by atoms with Crippen LogP contribution in [0.15, 0.2) is 24.3 Å². The van der Waals surface area contributed by atoms with Gasteiger partial charge in [-0.25, -0.2) is 0 Å². The summed E-state index contributed by atoms with van der Waals surface area (Å²) >= 11 is 0. The zero-order valence-electron chi connectivity index (χ0n) is 39.5. The van der Waals surface area contributed by atoms with Gasteiger partial charge in [0, 0.05) is 12.8 Å². The highest BCUT2D eigenvalue weighted by molar-refractivity contribution is 5.76. The van der Waals surface area contributed by atoms with E-state index in [9.17, 15) is 19.8 Å². The minimum atomic E-state index is -0.680. The summed E-state index contributed by atoms with van der Waals surface area (Å²) in [6, 6.07) is -0.560. The van der Waals surface area contributed by atoms with E-state index < -0.39 is 12.1 Å². The molecule has 0 radical (unpaired) electrons. The fraction of sp³-hybridized carbons (Fsp3) is 0.887. The molecule has 0 aliphatic rings. The molecule has 0 heterocycles. The molecular formula is C53H101NO5. The average Bonchev–Trinajstić information content (AvgIpc) is 3.24. The van der Waals surface area contributed by atoms with Crippen LogP contribution in [-0.4, -0.2) is 47.4 Å². The second-order valence-electron chi connectivity index (χ2n) is 17.8. The van der Waals surface area contributed by atoms with Crippen LogP contribution in [0.5, 0.6) is 0 Å². The quantitative estimate of drug-likeness (QED) is 0.0322. The smallest absolute Gasteiger partial charge is 0.305 e. The van der Waals surface area contributed by atoms with E-state index in [0.29, 0.717) is 25.9 Å². The normalized spacial score (nSPS) is 12.8. The molecule has 2 atom stereocenters. The first-order valence-electron chi connectivity index (χ1n) is 26.1. The zero-order valence-corrected chi connectivity index (χ0v) is 39.5. The first-order valence-corrected chi connectivity index (χ1v) is 26.1. The summed E-state index contributed by atoms with van der Waals surface area (Å²) in [5.41, 5.74) is 0. The van der Waals surface area contributed by atoms with Gasteiger partial charge in [0.2, 0.25) is 5.91 Å². The third-order valence-corrected chi connectivity index (χ3v) is 12.0. The molecule has 1 amide bonds. The third kappa shape index (κ3) is 45.7. The van der Waals surface area contributed by atoms with Gasteiger partial charge >= 0.3 is 5.97 Å². The number of amides is 1. The van der Waals surface area contributed by atoms with E-state index in [2.05, 4.69) is 43.5 Å². The van der Waals surface area contributed by atoms with Gasteiger partial charge in [0.25, 0.3) is 0 Å². The number of esters is 1. The molecular weight excluding hydrogens is 731 g/mol.